The van der Waals surface area contributed by atoms with Crippen LogP contribution >= 0.6 is 11.8 Å². The molecule has 1 atom stereocenters. The molecule has 0 radical (unpaired) electrons. The Bertz CT molecular complexity index is 908. The molecule has 132 valence electrons. The number of anilines is 2. The lowest BCUT2D eigenvalue weighted by Crippen LogP contribution is -2.44. The van der Waals surface area contributed by atoms with Gasteiger partial charge in [0.2, 0.25) is 0 Å². The minimum absolute atomic E-state index is 0.146. The zero-order valence-electron chi connectivity index (χ0n) is 14.6. The van der Waals surface area contributed by atoms with E-state index in [2.05, 4.69) is 46.6 Å². The summed E-state index contributed by atoms with van der Waals surface area (Å²) in [5.74, 6) is 1.05. The van der Waals surface area contributed by atoms with Crippen molar-refractivity contribution in [2.45, 2.75) is 48.7 Å². The minimum atomic E-state index is 0.146. The molecule has 1 fully saturated rings. The fraction of sp³-hybridized carbons (Fsp3) is 0.333. The predicted molar refractivity (Wildman–Crippen MR) is 109 cm³/mol. The second-order valence-corrected chi connectivity index (χ2v) is 8.09. The molecule has 2 aliphatic rings. The number of hydrogen-bond donors (Lipinski definition) is 1. The highest BCUT2D eigenvalue weighted by Gasteiger charge is 2.38. The number of nitrogens with one attached hydrogen (secondary N) is 1. The van der Waals surface area contributed by atoms with Gasteiger partial charge in [-0.05, 0) is 37.1 Å². The third kappa shape index (κ3) is 2.90. The summed E-state index contributed by atoms with van der Waals surface area (Å²) < 4.78 is 0. The average Bonchev–Trinajstić information content (AvgIpc) is 3.04. The Hall–Kier alpha value is -2.27. The van der Waals surface area contributed by atoms with Crippen LogP contribution in [0.3, 0.4) is 0 Å². The first-order valence-electron chi connectivity index (χ1n) is 9.42. The fourth-order valence-electron chi connectivity index (χ4n) is 3.99. The van der Waals surface area contributed by atoms with Crippen molar-refractivity contribution in [2.75, 3.05) is 10.2 Å². The number of hydrogen-bond acceptors (Lipinski definition) is 5. The molecule has 5 rings (SSSR count). The van der Waals surface area contributed by atoms with E-state index in [1.165, 1.54) is 32.1 Å². The summed E-state index contributed by atoms with van der Waals surface area (Å²) in [6, 6.07) is 19.2. The predicted octanol–water partition coefficient (Wildman–Crippen LogP) is 5.27. The molecule has 0 bridgehead atoms. The van der Waals surface area contributed by atoms with Crippen LogP contribution in [0.2, 0.25) is 0 Å². The fourth-order valence-corrected chi connectivity index (χ4v) is 5.19. The molecule has 1 unspecified atom stereocenters. The average molecular weight is 363 g/mol. The Morgan fingerprint density at radius 3 is 2.31 bits per heavy atom. The van der Waals surface area contributed by atoms with Crippen LogP contribution in [0.4, 0.5) is 11.5 Å². The molecule has 0 amide bonds. The normalized spacial score (nSPS) is 20.3. The Labute approximate surface area is 158 Å². The van der Waals surface area contributed by atoms with E-state index in [0.29, 0.717) is 6.04 Å². The summed E-state index contributed by atoms with van der Waals surface area (Å²) in [4.78, 5) is 12.4. The lowest BCUT2D eigenvalue weighted by Gasteiger charge is -2.36. The number of para-hydroxylation sites is 3. The van der Waals surface area contributed by atoms with Crippen molar-refractivity contribution < 1.29 is 0 Å². The number of nitrogens with zero attached hydrogens (tertiary/aromatic N) is 3. The molecule has 5 heteroatoms. The Balaban J connectivity index is 1.54. The van der Waals surface area contributed by atoms with Crippen molar-refractivity contribution in [3.8, 4) is 0 Å². The van der Waals surface area contributed by atoms with Crippen molar-refractivity contribution in [2.24, 2.45) is 0 Å². The number of thioether (sulfide) groups is 1. The van der Waals surface area contributed by atoms with Crippen LogP contribution < -0.4 is 10.2 Å². The summed E-state index contributed by atoms with van der Waals surface area (Å²) in [5, 5.41) is 4.74. The first kappa shape index (κ1) is 15.9. The molecule has 0 spiro atoms. The highest BCUT2D eigenvalue weighted by molar-refractivity contribution is 8.00. The maximum absolute atomic E-state index is 5.01. The molecule has 4 nitrogen and oxygen atoms in total. The number of rotatable bonds is 3. The summed E-state index contributed by atoms with van der Waals surface area (Å²) in [5.41, 5.74) is 3.24. The Morgan fingerprint density at radius 2 is 1.54 bits per heavy atom. The maximum Gasteiger partial charge on any atom is 0.164 e. The van der Waals surface area contributed by atoms with Gasteiger partial charge in [-0.2, -0.15) is 0 Å². The number of aromatic nitrogens is 2. The van der Waals surface area contributed by atoms with Gasteiger partial charge >= 0.3 is 0 Å². The van der Waals surface area contributed by atoms with Crippen molar-refractivity contribution >= 4 is 34.3 Å². The van der Waals surface area contributed by atoms with Gasteiger partial charge in [-0.15, -0.1) is 0 Å². The Kier molecular flexibility index (Phi) is 4.17. The first-order chi connectivity index (χ1) is 12.9. The highest BCUT2D eigenvalue weighted by Crippen LogP contribution is 2.45. The quantitative estimate of drug-likeness (QED) is 0.687. The van der Waals surface area contributed by atoms with E-state index < -0.39 is 0 Å². The zero-order valence-corrected chi connectivity index (χ0v) is 15.5. The molecule has 1 saturated carbocycles. The minimum Gasteiger partial charge on any atom is -0.356 e. The van der Waals surface area contributed by atoms with E-state index in [1.807, 2.05) is 18.2 Å². The van der Waals surface area contributed by atoms with Gasteiger partial charge in [0.25, 0.3) is 0 Å². The molecule has 0 saturated heterocycles. The molecule has 1 aromatic heterocycles. The van der Waals surface area contributed by atoms with Crippen molar-refractivity contribution in [3.05, 3.63) is 54.6 Å². The molecule has 2 aromatic carbocycles. The lowest BCUT2D eigenvalue weighted by molar-refractivity contribution is 0.413. The number of fused-ring (bicyclic) bond motifs is 2. The standard InChI is InChI=1S/C21H22N4S/c1-3-9-15(10-4-1)22-21-25(16-11-5-2-6-12-16)19-20(26-21)24-18-14-8-7-13-17(18)23-19/h1,3-4,7-10,13-14,16,21-22H,2,5-6,11-12H2. The molecule has 1 aliphatic carbocycles. The molecular weight excluding hydrogens is 340 g/mol. The van der Waals surface area contributed by atoms with Crippen LogP contribution in [0, 0.1) is 0 Å². The van der Waals surface area contributed by atoms with Crippen molar-refractivity contribution in [1.29, 1.82) is 0 Å². The van der Waals surface area contributed by atoms with Gasteiger partial charge < -0.3 is 10.2 Å². The van der Waals surface area contributed by atoms with E-state index in [4.69, 9.17) is 9.97 Å². The highest BCUT2D eigenvalue weighted by atomic mass is 32.2. The molecule has 2 heterocycles. The van der Waals surface area contributed by atoms with E-state index >= 15 is 0 Å². The lowest BCUT2D eigenvalue weighted by atomic mass is 9.94. The topological polar surface area (TPSA) is 41.1 Å². The van der Waals surface area contributed by atoms with Gasteiger partial charge in [0.1, 0.15) is 5.03 Å². The van der Waals surface area contributed by atoms with E-state index in [1.54, 1.807) is 11.8 Å². The van der Waals surface area contributed by atoms with Gasteiger partial charge in [0.15, 0.2) is 11.3 Å². The first-order valence-corrected chi connectivity index (χ1v) is 10.3. The number of benzene rings is 2. The zero-order chi connectivity index (χ0) is 17.3. The Morgan fingerprint density at radius 1 is 0.846 bits per heavy atom. The van der Waals surface area contributed by atoms with Crippen LogP contribution in [0.15, 0.2) is 59.6 Å². The van der Waals surface area contributed by atoms with Gasteiger partial charge in [-0.25, -0.2) is 9.97 Å². The summed E-state index contributed by atoms with van der Waals surface area (Å²) in [6.45, 7) is 0. The third-order valence-electron chi connectivity index (χ3n) is 5.27. The van der Waals surface area contributed by atoms with Gasteiger partial charge in [0, 0.05) is 11.7 Å². The van der Waals surface area contributed by atoms with E-state index in [0.717, 1.165) is 27.6 Å². The molecular formula is C21H22N4S. The smallest absolute Gasteiger partial charge is 0.164 e. The second-order valence-electron chi connectivity index (χ2n) is 7.02. The van der Waals surface area contributed by atoms with E-state index in [-0.39, 0.29) is 5.50 Å². The summed E-state index contributed by atoms with van der Waals surface area (Å²) >= 11 is 1.79. The summed E-state index contributed by atoms with van der Waals surface area (Å²) in [7, 11) is 0. The van der Waals surface area contributed by atoms with Gasteiger partial charge in [-0.3, -0.25) is 0 Å². The second kappa shape index (κ2) is 6.80. The van der Waals surface area contributed by atoms with E-state index in [9.17, 15) is 0 Å². The SMILES string of the molecule is c1ccc(NC2Sc3nc4ccccc4nc3N2C2CCCCC2)cc1. The largest absolute Gasteiger partial charge is 0.356 e. The molecule has 3 aromatic rings. The van der Waals surface area contributed by atoms with Crippen LogP contribution in [0.25, 0.3) is 11.0 Å². The molecule has 1 aliphatic heterocycles. The van der Waals surface area contributed by atoms with Crippen LogP contribution in [0.1, 0.15) is 32.1 Å². The van der Waals surface area contributed by atoms with Crippen LogP contribution in [-0.4, -0.2) is 21.5 Å². The monoisotopic (exact) mass is 362 g/mol. The summed E-state index contributed by atoms with van der Waals surface area (Å²) in [6.07, 6.45) is 6.44. The van der Waals surface area contributed by atoms with Crippen molar-refractivity contribution in [3.63, 3.8) is 0 Å². The maximum atomic E-state index is 5.01. The van der Waals surface area contributed by atoms with Gasteiger partial charge in [-0.1, -0.05) is 61.4 Å². The molecule has 1 N–H and O–H groups in total. The van der Waals surface area contributed by atoms with Crippen LogP contribution in [-0.2, 0) is 0 Å². The molecule has 26 heavy (non-hydrogen) atoms. The van der Waals surface area contributed by atoms with Gasteiger partial charge in [0.05, 0.1) is 11.0 Å². The van der Waals surface area contributed by atoms with Crippen molar-refractivity contribution in [1.82, 2.24) is 9.97 Å². The third-order valence-corrected chi connectivity index (χ3v) is 6.34. The van der Waals surface area contributed by atoms with Crippen LogP contribution in [0.5, 0.6) is 0 Å².